The van der Waals surface area contributed by atoms with E-state index in [-0.39, 0.29) is 5.91 Å². The largest absolute Gasteiger partial charge is 0.313 e. The van der Waals surface area contributed by atoms with E-state index >= 15 is 0 Å². The summed E-state index contributed by atoms with van der Waals surface area (Å²) in [6.45, 7) is 5.87. The SMILES string of the molecule is Cc1cc(C(=O)N2CC[C@H](C)Sc3ccccc32)c2nc3n(c2n1)CCCCC3. The zero-order valence-corrected chi connectivity index (χ0v) is 17.8. The van der Waals surface area contributed by atoms with Crippen molar-refractivity contribution in [1.82, 2.24) is 14.5 Å². The van der Waals surface area contributed by atoms with Gasteiger partial charge in [-0.25, -0.2) is 9.97 Å². The number of imidazole rings is 1. The van der Waals surface area contributed by atoms with Crippen molar-refractivity contribution in [3.05, 3.63) is 47.4 Å². The molecule has 0 bridgehead atoms. The molecule has 0 radical (unpaired) electrons. The van der Waals surface area contributed by atoms with Crippen molar-refractivity contribution in [2.24, 2.45) is 0 Å². The van der Waals surface area contributed by atoms with Gasteiger partial charge in [-0.2, -0.15) is 0 Å². The average Bonchev–Trinajstić information content (AvgIpc) is 2.86. The van der Waals surface area contributed by atoms with Crippen molar-refractivity contribution in [1.29, 1.82) is 0 Å². The summed E-state index contributed by atoms with van der Waals surface area (Å²) in [6, 6.07) is 10.2. The second-order valence-electron chi connectivity index (χ2n) is 8.12. The molecule has 2 aliphatic rings. The summed E-state index contributed by atoms with van der Waals surface area (Å²) in [6.07, 6.45) is 5.46. The molecule has 0 spiro atoms. The molecule has 2 aromatic heterocycles. The molecular formula is C23H26N4OS. The first kappa shape index (κ1) is 18.7. The van der Waals surface area contributed by atoms with Gasteiger partial charge in [-0.15, -0.1) is 11.8 Å². The lowest BCUT2D eigenvalue weighted by Gasteiger charge is -2.23. The molecule has 29 heavy (non-hydrogen) atoms. The van der Waals surface area contributed by atoms with Gasteiger partial charge in [0.2, 0.25) is 0 Å². The maximum absolute atomic E-state index is 13.8. The van der Waals surface area contributed by atoms with Gasteiger partial charge in [0, 0.05) is 35.3 Å². The predicted octanol–water partition coefficient (Wildman–Crippen LogP) is 5.00. The van der Waals surface area contributed by atoms with Crippen LogP contribution in [-0.4, -0.2) is 32.2 Å². The van der Waals surface area contributed by atoms with Crippen molar-refractivity contribution in [2.75, 3.05) is 11.4 Å². The summed E-state index contributed by atoms with van der Waals surface area (Å²) >= 11 is 1.85. The lowest BCUT2D eigenvalue weighted by Crippen LogP contribution is -2.32. The minimum Gasteiger partial charge on any atom is -0.313 e. The smallest absolute Gasteiger partial charge is 0.260 e. The van der Waals surface area contributed by atoms with Crippen LogP contribution in [0.5, 0.6) is 0 Å². The van der Waals surface area contributed by atoms with Crippen LogP contribution in [0.1, 0.15) is 54.5 Å². The van der Waals surface area contributed by atoms with E-state index in [1.165, 1.54) is 11.3 Å². The van der Waals surface area contributed by atoms with Gasteiger partial charge in [0.1, 0.15) is 11.3 Å². The molecule has 150 valence electrons. The summed E-state index contributed by atoms with van der Waals surface area (Å²) in [5, 5.41) is 0.483. The van der Waals surface area contributed by atoms with Gasteiger partial charge in [0.05, 0.1) is 11.3 Å². The Morgan fingerprint density at radius 3 is 2.90 bits per heavy atom. The van der Waals surface area contributed by atoms with Crippen LogP contribution in [-0.2, 0) is 13.0 Å². The quantitative estimate of drug-likeness (QED) is 0.571. The van der Waals surface area contributed by atoms with E-state index in [4.69, 9.17) is 9.97 Å². The zero-order chi connectivity index (χ0) is 20.0. The fourth-order valence-electron chi connectivity index (χ4n) is 4.42. The monoisotopic (exact) mass is 406 g/mol. The second kappa shape index (κ2) is 7.48. The van der Waals surface area contributed by atoms with Gasteiger partial charge in [-0.05, 0) is 44.4 Å². The summed E-state index contributed by atoms with van der Waals surface area (Å²) < 4.78 is 2.24. The van der Waals surface area contributed by atoms with Crippen LogP contribution in [0.25, 0.3) is 11.2 Å². The third-order valence-corrected chi connectivity index (χ3v) is 7.15. The molecule has 1 amide bonds. The number of para-hydroxylation sites is 1. The first-order valence-corrected chi connectivity index (χ1v) is 11.4. The molecule has 3 aromatic rings. The highest BCUT2D eigenvalue weighted by Gasteiger charge is 2.28. The summed E-state index contributed by atoms with van der Waals surface area (Å²) in [4.78, 5) is 26.6. The number of hydrogen-bond acceptors (Lipinski definition) is 4. The number of hydrogen-bond donors (Lipinski definition) is 0. The van der Waals surface area contributed by atoms with Crippen LogP contribution in [0.4, 0.5) is 5.69 Å². The normalized spacial score (nSPS) is 19.4. The topological polar surface area (TPSA) is 51.0 Å². The van der Waals surface area contributed by atoms with Crippen molar-refractivity contribution in [2.45, 2.75) is 62.6 Å². The Kier molecular flexibility index (Phi) is 4.82. The second-order valence-corrected chi connectivity index (χ2v) is 9.60. The number of aryl methyl sites for hydroxylation is 3. The predicted molar refractivity (Wildman–Crippen MR) is 118 cm³/mol. The molecule has 0 N–H and O–H groups in total. The van der Waals surface area contributed by atoms with Crippen LogP contribution < -0.4 is 4.90 Å². The van der Waals surface area contributed by atoms with Crippen LogP contribution >= 0.6 is 11.8 Å². The van der Waals surface area contributed by atoms with E-state index < -0.39 is 0 Å². The van der Waals surface area contributed by atoms with Crippen molar-refractivity contribution >= 4 is 34.5 Å². The molecule has 5 nitrogen and oxygen atoms in total. The first-order valence-electron chi connectivity index (χ1n) is 10.6. The molecule has 1 aromatic carbocycles. The average molecular weight is 407 g/mol. The summed E-state index contributed by atoms with van der Waals surface area (Å²) in [5.41, 5.74) is 4.20. The minimum atomic E-state index is 0.0379. The number of thioether (sulfide) groups is 1. The van der Waals surface area contributed by atoms with Crippen LogP contribution in [0.2, 0.25) is 0 Å². The molecule has 2 aliphatic heterocycles. The van der Waals surface area contributed by atoms with Crippen LogP contribution in [0, 0.1) is 6.92 Å². The highest BCUT2D eigenvalue weighted by atomic mass is 32.2. The molecule has 1 atom stereocenters. The number of rotatable bonds is 1. The van der Waals surface area contributed by atoms with E-state index in [0.29, 0.717) is 10.8 Å². The lowest BCUT2D eigenvalue weighted by atomic mass is 10.1. The van der Waals surface area contributed by atoms with Crippen molar-refractivity contribution < 1.29 is 4.79 Å². The number of amides is 1. The fraction of sp³-hybridized carbons (Fsp3) is 0.435. The number of pyridine rings is 1. The molecule has 6 heteroatoms. The standard InChI is InChI=1S/C23H26N4OS/c1-15-14-17(21-22(24-15)27-12-7-3-4-10-20(27)25-21)23(28)26-13-11-16(2)29-19-9-6-5-8-18(19)26/h5-6,8-9,14,16H,3-4,7,10-13H2,1-2H3/t16-/m0/s1. The van der Waals surface area contributed by atoms with Crippen LogP contribution in [0.15, 0.2) is 35.2 Å². The first-order chi connectivity index (χ1) is 14.1. The number of anilines is 1. The molecule has 4 heterocycles. The zero-order valence-electron chi connectivity index (χ0n) is 17.0. The third-order valence-electron chi connectivity index (χ3n) is 5.91. The summed E-state index contributed by atoms with van der Waals surface area (Å²) in [5.74, 6) is 1.11. The van der Waals surface area contributed by atoms with Crippen molar-refractivity contribution in [3.8, 4) is 0 Å². The molecule has 0 saturated heterocycles. The Morgan fingerprint density at radius 2 is 2.00 bits per heavy atom. The number of carbonyl (C=O) groups is 1. The lowest BCUT2D eigenvalue weighted by molar-refractivity contribution is 0.0987. The maximum atomic E-state index is 13.8. The number of nitrogens with zero attached hydrogens (tertiary/aromatic N) is 4. The van der Waals surface area contributed by atoms with Gasteiger partial charge >= 0.3 is 0 Å². The molecule has 0 fully saturated rings. The van der Waals surface area contributed by atoms with E-state index in [9.17, 15) is 4.79 Å². The van der Waals surface area contributed by atoms with Gasteiger partial charge in [0.15, 0.2) is 5.65 Å². The highest BCUT2D eigenvalue weighted by Crippen LogP contribution is 2.38. The van der Waals surface area contributed by atoms with Gasteiger partial charge in [-0.3, -0.25) is 4.79 Å². The van der Waals surface area contributed by atoms with Gasteiger partial charge in [0.25, 0.3) is 5.91 Å². The maximum Gasteiger partial charge on any atom is 0.260 e. The molecule has 0 unspecified atom stereocenters. The number of benzene rings is 1. The Bertz CT molecular complexity index is 1090. The Morgan fingerprint density at radius 1 is 1.14 bits per heavy atom. The van der Waals surface area contributed by atoms with E-state index in [1.807, 2.05) is 41.8 Å². The molecular weight excluding hydrogens is 380 g/mol. The molecule has 5 rings (SSSR count). The third kappa shape index (κ3) is 3.33. The van der Waals surface area contributed by atoms with Crippen molar-refractivity contribution in [3.63, 3.8) is 0 Å². The summed E-state index contributed by atoms with van der Waals surface area (Å²) in [7, 11) is 0. The van der Waals surface area contributed by atoms with E-state index in [2.05, 4.69) is 23.6 Å². The molecule has 0 aliphatic carbocycles. The number of fused-ring (bicyclic) bond motifs is 4. The Hall–Kier alpha value is -2.34. The van der Waals surface area contributed by atoms with Gasteiger partial charge in [-0.1, -0.05) is 25.5 Å². The van der Waals surface area contributed by atoms with Crippen LogP contribution in [0.3, 0.4) is 0 Å². The fourth-order valence-corrected chi connectivity index (χ4v) is 5.53. The highest BCUT2D eigenvalue weighted by molar-refractivity contribution is 8.00. The number of aromatic nitrogens is 3. The number of carbonyl (C=O) groups excluding carboxylic acids is 1. The Balaban J connectivity index is 1.63. The molecule has 0 saturated carbocycles. The van der Waals surface area contributed by atoms with Gasteiger partial charge < -0.3 is 9.47 Å². The minimum absolute atomic E-state index is 0.0379. The van der Waals surface area contributed by atoms with E-state index in [1.54, 1.807) is 0 Å². The Labute approximate surface area is 175 Å². The van der Waals surface area contributed by atoms with E-state index in [0.717, 1.165) is 67.1 Å².